The molecule has 1 unspecified atom stereocenters. The molecule has 0 aliphatic carbocycles. The van der Waals surface area contributed by atoms with Crippen LogP contribution in [0.25, 0.3) is 11.3 Å². The topological polar surface area (TPSA) is 108 Å². The first-order chi connectivity index (χ1) is 17.5. The van der Waals surface area contributed by atoms with Crippen molar-refractivity contribution in [3.05, 3.63) is 77.0 Å². The quantitative estimate of drug-likeness (QED) is 0.172. The molecule has 0 aliphatic heterocycles. The Morgan fingerprint density at radius 2 is 1.94 bits per heavy atom. The van der Waals surface area contributed by atoms with E-state index in [2.05, 4.69) is 60.9 Å². The number of nitrogens with one attached hydrogen (secondary N) is 2. The molecule has 3 N–H and O–H groups in total. The van der Waals surface area contributed by atoms with Crippen molar-refractivity contribution >= 4 is 13.9 Å². The van der Waals surface area contributed by atoms with Crippen molar-refractivity contribution < 1.29 is 18.4 Å². The van der Waals surface area contributed by atoms with Crippen LogP contribution in [0, 0.1) is 17.2 Å². The van der Waals surface area contributed by atoms with Gasteiger partial charge in [-0.3, -0.25) is 4.57 Å². The predicted molar refractivity (Wildman–Crippen MR) is 144 cm³/mol. The molecular formula is C28H36N3O4P. The van der Waals surface area contributed by atoms with Crippen LogP contribution in [0.1, 0.15) is 48.9 Å². The molecule has 3 aromatic rings. The molecule has 0 spiro atoms. The highest BCUT2D eigenvalue weighted by Gasteiger charge is 2.10. The number of hydrogen-bond acceptors (Lipinski definition) is 6. The first kappa shape index (κ1) is 27.7. The zero-order chi connectivity index (χ0) is 25.8. The van der Waals surface area contributed by atoms with Crippen LogP contribution in [0.4, 0.5) is 5.69 Å². The standard InChI is InChI=1S/C28H36N3O4P/c1-21(2)16-24-10-8-22(17-25(24)19-29)6-3-13-31-27-11-9-23(18-26(27)28-7-4-14-34-28)20-30-12-5-15-35-36(32)33/h4,7-11,14,17-18,21,30-31,36H,3,5-6,12-13,15-16,20H2,1-2H3,(H,32,33). The van der Waals surface area contributed by atoms with Crippen LogP contribution in [-0.2, 0) is 28.5 Å². The largest absolute Gasteiger partial charge is 0.464 e. The molecular weight excluding hydrogens is 473 g/mol. The Hall–Kier alpha value is -2.88. The summed E-state index contributed by atoms with van der Waals surface area (Å²) in [6.07, 6.45) is 5.10. The Kier molecular flexibility index (Phi) is 11.3. The van der Waals surface area contributed by atoms with Gasteiger partial charge in [-0.15, -0.1) is 0 Å². The molecule has 2 aromatic carbocycles. The molecule has 36 heavy (non-hydrogen) atoms. The number of anilines is 1. The molecule has 1 aromatic heterocycles. The van der Waals surface area contributed by atoms with E-state index in [0.29, 0.717) is 25.4 Å². The highest BCUT2D eigenvalue weighted by Crippen LogP contribution is 2.30. The highest BCUT2D eigenvalue weighted by molar-refractivity contribution is 7.32. The average Bonchev–Trinajstić information content (AvgIpc) is 3.39. The van der Waals surface area contributed by atoms with Gasteiger partial charge in [-0.25, -0.2) is 0 Å². The third kappa shape index (κ3) is 8.96. The Balaban J connectivity index is 1.55. The van der Waals surface area contributed by atoms with E-state index in [-0.39, 0.29) is 6.61 Å². The lowest BCUT2D eigenvalue weighted by Gasteiger charge is -2.14. The van der Waals surface area contributed by atoms with Crippen LogP contribution in [0.2, 0.25) is 0 Å². The minimum absolute atomic E-state index is 0.266. The summed E-state index contributed by atoms with van der Waals surface area (Å²) >= 11 is 0. The molecule has 0 amide bonds. The first-order valence-corrected chi connectivity index (χ1v) is 13.7. The average molecular weight is 510 g/mol. The number of nitriles is 1. The molecule has 0 saturated carbocycles. The molecule has 3 rings (SSSR count). The summed E-state index contributed by atoms with van der Waals surface area (Å²) in [5, 5.41) is 16.4. The molecule has 0 aliphatic rings. The van der Waals surface area contributed by atoms with Crippen molar-refractivity contribution in [1.29, 1.82) is 5.26 Å². The molecule has 7 nitrogen and oxygen atoms in total. The van der Waals surface area contributed by atoms with Crippen LogP contribution in [0.3, 0.4) is 0 Å². The van der Waals surface area contributed by atoms with Gasteiger partial charge in [0.15, 0.2) is 0 Å². The lowest BCUT2D eigenvalue weighted by molar-refractivity contribution is 0.276. The summed E-state index contributed by atoms with van der Waals surface area (Å²) in [6.45, 7) is 6.77. The summed E-state index contributed by atoms with van der Waals surface area (Å²) in [6, 6.07) is 18.7. The fourth-order valence-electron chi connectivity index (χ4n) is 4.10. The summed E-state index contributed by atoms with van der Waals surface area (Å²) in [7, 11) is -2.85. The van der Waals surface area contributed by atoms with Gasteiger partial charge in [0.2, 0.25) is 0 Å². The third-order valence-electron chi connectivity index (χ3n) is 5.80. The van der Waals surface area contributed by atoms with Crippen molar-refractivity contribution in [3.8, 4) is 17.4 Å². The van der Waals surface area contributed by atoms with Crippen LogP contribution in [0.15, 0.2) is 59.2 Å². The Morgan fingerprint density at radius 1 is 1.11 bits per heavy atom. The van der Waals surface area contributed by atoms with Crippen LogP contribution >= 0.6 is 8.25 Å². The molecule has 0 bridgehead atoms. The van der Waals surface area contributed by atoms with E-state index in [9.17, 15) is 9.83 Å². The summed E-state index contributed by atoms with van der Waals surface area (Å²) < 4.78 is 21.0. The second-order valence-electron chi connectivity index (χ2n) is 9.23. The predicted octanol–water partition coefficient (Wildman–Crippen LogP) is 5.94. The van der Waals surface area contributed by atoms with Crippen molar-refractivity contribution in [2.45, 2.75) is 46.1 Å². The van der Waals surface area contributed by atoms with E-state index in [1.807, 2.05) is 18.2 Å². The van der Waals surface area contributed by atoms with Gasteiger partial charge in [-0.05, 0) is 85.2 Å². The van der Waals surface area contributed by atoms with Gasteiger partial charge < -0.3 is 24.5 Å². The molecule has 1 heterocycles. The van der Waals surface area contributed by atoms with Gasteiger partial charge in [0.25, 0.3) is 0 Å². The molecule has 1 atom stereocenters. The van der Waals surface area contributed by atoms with Crippen molar-refractivity contribution in [2.24, 2.45) is 5.92 Å². The van der Waals surface area contributed by atoms with Crippen LogP contribution in [0.5, 0.6) is 0 Å². The van der Waals surface area contributed by atoms with Crippen molar-refractivity contribution in [3.63, 3.8) is 0 Å². The highest BCUT2D eigenvalue weighted by atomic mass is 31.1. The third-order valence-corrected chi connectivity index (χ3v) is 6.25. The summed E-state index contributed by atoms with van der Waals surface area (Å²) in [5.41, 5.74) is 6.24. The van der Waals surface area contributed by atoms with Crippen molar-refractivity contribution in [2.75, 3.05) is 25.0 Å². The van der Waals surface area contributed by atoms with Gasteiger partial charge >= 0.3 is 8.25 Å². The van der Waals surface area contributed by atoms with Gasteiger partial charge in [0, 0.05) is 24.3 Å². The zero-order valence-electron chi connectivity index (χ0n) is 21.0. The van der Waals surface area contributed by atoms with Crippen LogP contribution < -0.4 is 10.6 Å². The molecule has 8 heteroatoms. The SMILES string of the molecule is CC(C)Cc1ccc(CCCNc2ccc(CNCCCO[PH](=O)O)cc2-c2ccco2)cc1C#N. The summed E-state index contributed by atoms with van der Waals surface area (Å²) in [5.74, 6) is 1.33. The van der Waals surface area contributed by atoms with Gasteiger partial charge in [0.05, 0.1) is 24.5 Å². The van der Waals surface area contributed by atoms with Crippen LogP contribution in [-0.4, -0.2) is 24.6 Å². The van der Waals surface area contributed by atoms with E-state index in [0.717, 1.165) is 59.5 Å². The Bertz CT molecular complexity index is 1160. The molecule has 0 radical (unpaired) electrons. The number of nitrogens with zero attached hydrogens (tertiary/aromatic N) is 1. The fourth-order valence-corrected chi connectivity index (χ4v) is 4.42. The van der Waals surface area contributed by atoms with Gasteiger partial charge in [-0.2, -0.15) is 5.26 Å². The first-order valence-electron chi connectivity index (χ1n) is 12.4. The number of rotatable bonds is 15. The fraction of sp³-hybridized carbons (Fsp3) is 0.393. The maximum Gasteiger partial charge on any atom is 0.316 e. The van der Waals surface area contributed by atoms with E-state index in [1.54, 1.807) is 6.26 Å². The van der Waals surface area contributed by atoms with E-state index in [4.69, 9.17) is 13.8 Å². The number of benzene rings is 2. The maximum absolute atomic E-state index is 10.6. The van der Waals surface area contributed by atoms with E-state index in [1.165, 1.54) is 5.56 Å². The van der Waals surface area contributed by atoms with E-state index >= 15 is 0 Å². The second kappa shape index (κ2) is 14.6. The lowest BCUT2D eigenvalue weighted by Crippen LogP contribution is -2.16. The molecule has 0 saturated heterocycles. The zero-order valence-corrected chi connectivity index (χ0v) is 22.0. The maximum atomic E-state index is 10.6. The number of furan rings is 1. The van der Waals surface area contributed by atoms with E-state index < -0.39 is 8.25 Å². The van der Waals surface area contributed by atoms with Gasteiger partial charge in [0.1, 0.15) is 5.76 Å². The minimum atomic E-state index is -2.85. The van der Waals surface area contributed by atoms with Gasteiger partial charge in [-0.1, -0.05) is 32.0 Å². The molecule has 192 valence electrons. The Labute approximate surface area is 214 Å². The summed E-state index contributed by atoms with van der Waals surface area (Å²) in [4.78, 5) is 8.70. The smallest absolute Gasteiger partial charge is 0.316 e. The molecule has 0 fully saturated rings. The van der Waals surface area contributed by atoms with Crippen molar-refractivity contribution in [1.82, 2.24) is 5.32 Å². The number of hydrogen-bond donors (Lipinski definition) is 3. The lowest BCUT2D eigenvalue weighted by atomic mass is 9.95. The second-order valence-corrected chi connectivity index (χ2v) is 10.1. The Morgan fingerprint density at radius 3 is 2.67 bits per heavy atom. The number of aryl methyl sites for hydroxylation is 1. The normalized spacial score (nSPS) is 12.0. The minimum Gasteiger partial charge on any atom is -0.464 e. The monoisotopic (exact) mass is 509 g/mol.